The molecule has 0 aromatic heterocycles. The van der Waals surface area contributed by atoms with Crippen LogP contribution in [-0.2, 0) is 0 Å². The number of halogens is 2. The van der Waals surface area contributed by atoms with Gasteiger partial charge in [-0.2, -0.15) is 0 Å². The first-order chi connectivity index (χ1) is 8.58. The average Bonchev–Trinajstić information content (AvgIpc) is 2.37. The fourth-order valence-corrected chi connectivity index (χ4v) is 2.17. The molecule has 0 saturated heterocycles. The minimum absolute atomic E-state index is 0.0543. The smallest absolute Gasteiger partial charge is 0.128 e. The van der Waals surface area contributed by atoms with Gasteiger partial charge in [-0.25, -0.2) is 4.39 Å². The predicted molar refractivity (Wildman–Crippen MR) is 76.5 cm³/mol. The Morgan fingerprint density at radius 1 is 1.33 bits per heavy atom. The Morgan fingerprint density at radius 3 is 2.67 bits per heavy atom. The quantitative estimate of drug-likeness (QED) is 0.739. The van der Waals surface area contributed by atoms with Crippen molar-refractivity contribution in [3.8, 4) is 0 Å². The number of hydrogen-bond acceptors (Lipinski definition) is 1. The van der Waals surface area contributed by atoms with E-state index < -0.39 is 0 Å². The van der Waals surface area contributed by atoms with Gasteiger partial charge in [0.15, 0.2) is 0 Å². The molecular weight excluding hydrogens is 249 g/mol. The molecule has 0 spiro atoms. The second-order valence-electron chi connectivity index (χ2n) is 4.92. The van der Waals surface area contributed by atoms with Gasteiger partial charge in [0.2, 0.25) is 0 Å². The minimum Gasteiger partial charge on any atom is -0.310 e. The van der Waals surface area contributed by atoms with Crippen molar-refractivity contribution in [3.05, 3.63) is 34.6 Å². The third-order valence-corrected chi connectivity index (χ3v) is 3.54. The number of nitrogens with one attached hydrogen (secondary N) is 1. The molecule has 0 amide bonds. The van der Waals surface area contributed by atoms with Crippen molar-refractivity contribution < 1.29 is 4.39 Å². The van der Waals surface area contributed by atoms with Crippen molar-refractivity contribution in [1.29, 1.82) is 0 Å². The van der Waals surface area contributed by atoms with E-state index in [0.717, 1.165) is 25.8 Å². The van der Waals surface area contributed by atoms with Crippen LogP contribution in [0.5, 0.6) is 0 Å². The molecule has 0 saturated carbocycles. The first kappa shape index (κ1) is 15.5. The highest BCUT2D eigenvalue weighted by molar-refractivity contribution is 6.30. The molecule has 0 fully saturated rings. The molecular formula is C15H23ClFN. The molecule has 1 aromatic carbocycles. The summed E-state index contributed by atoms with van der Waals surface area (Å²) in [5, 5.41) is 4.02. The zero-order valence-corrected chi connectivity index (χ0v) is 12.2. The lowest BCUT2D eigenvalue weighted by molar-refractivity contribution is 0.392. The minimum atomic E-state index is -0.170. The summed E-state index contributed by atoms with van der Waals surface area (Å²) in [7, 11) is 0. The van der Waals surface area contributed by atoms with Gasteiger partial charge >= 0.3 is 0 Å². The summed E-state index contributed by atoms with van der Waals surface area (Å²) in [6.45, 7) is 7.37. The highest BCUT2D eigenvalue weighted by Gasteiger charge is 2.17. The van der Waals surface area contributed by atoms with E-state index in [2.05, 4.69) is 26.1 Å². The largest absolute Gasteiger partial charge is 0.310 e. The van der Waals surface area contributed by atoms with Crippen LogP contribution in [0.1, 0.15) is 51.6 Å². The first-order valence-corrected chi connectivity index (χ1v) is 7.14. The van der Waals surface area contributed by atoms with Crippen LogP contribution < -0.4 is 5.32 Å². The van der Waals surface area contributed by atoms with E-state index in [-0.39, 0.29) is 11.9 Å². The zero-order valence-electron chi connectivity index (χ0n) is 11.5. The third-order valence-electron chi connectivity index (χ3n) is 3.31. The van der Waals surface area contributed by atoms with Gasteiger partial charge in [0.25, 0.3) is 0 Å². The molecule has 18 heavy (non-hydrogen) atoms. The van der Waals surface area contributed by atoms with Crippen LogP contribution in [0.15, 0.2) is 18.2 Å². The van der Waals surface area contributed by atoms with Gasteiger partial charge in [-0.05, 0) is 43.5 Å². The molecule has 2 atom stereocenters. The van der Waals surface area contributed by atoms with Gasteiger partial charge in [0, 0.05) is 16.6 Å². The number of benzene rings is 1. The number of hydrogen-bond donors (Lipinski definition) is 1. The summed E-state index contributed by atoms with van der Waals surface area (Å²) in [5.41, 5.74) is 0.691. The first-order valence-electron chi connectivity index (χ1n) is 6.76. The fraction of sp³-hybridized carbons (Fsp3) is 0.600. The molecule has 1 N–H and O–H groups in total. The lowest BCUT2D eigenvalue weighted by Gasteiger charge is -2.22. The second kappa shape index (κ2) is 7.75. The Labute approximate surface area is 115 Å². The molecule has 102 valence electrons. The second-order valence-corrected chi connectivity index (χ2v) is 5.36. The number of rotatable bonds is 7. The van der Waals surface area contributed by atoms with Crippen LogP contribution in [0.3, 0.4) is 0 Å². The lowest BCUT2D eigenvalue weighted by atomic mass is 9.94. The van der Waals surface area contributed by atoms with Crippen LogP contribution in [0.25, 0.3) is 0 Å². The highest BCUT2D eigenvalue weighted by atomic mass is 35.5. The van der Waals surface area contributed by atoms with Crippen molar-refractivity contribution in [2.24, 2.45) is 5.92 Å². The zero-order chi connectivity index (χ0) is 13.5. The van der Waals surface area contributed by atoms with Crippen molar-refractivity contribution in [2.75, 3.05) is 6.54 Å². The Hall–Kier alpha value is -0.600. The van der Waals surface area contributed by atoms with Crippen LogP contribution in [0, 0.1) is 11.7 Å². The maximum atomic E-state index is 13.9. The Balaban J connectivity index is 2.89. The molecule has 1 aromatic rings. The van der Waals surface area contributed by atoms with Gasteiger partial charge in [-0.15, -0.1) is 0 Å². The van der Waals surface area contributed by atoms with Crippen molar-refractivity contribution in [3.63, 3.8) is 0 Å². The van der Waals surface area contributed by atoms with Gasteiger partial charge in [-0.3, -0.25) is 0 Å². The molecule has 1 nitrogen and oxygen atoms in total. The Kier molecular flexibility index (Phi) is 6.66. The van der Waals surface area contributed by atoms with Crippen LogP contribution >= 0.6 is 11.6 Å². The van der Waals surface area contributed by atoms with E-state index in [4.69, 9.17) is 11.6 Å². The van der Waals surface area contributed by atoms with E-state index in [1.54, 1.807) is 12.1 Å². The van der Waals surface area contributed by atoms with Crippen LogP contribution in [0.2, 0.25) is 5.02 Å². The average molecular weight is 272 g/mol. The van der Waals surface area contributed by atoms with Crippen LogP contribution in [-0.4, -0.2) is 6.54 Å². The molecule has 0 aliphatic carbocycles. The summed E-state index contributed by atoms with van der Waals surface area (Å²) in [4.78, 5) is 0. The van der Waals surface area contributed by atoms with Crippen LogP contribution in [0.4, 0.5) is 4.39 Å². The highest BCUT2D eigenvalue weighted by Crippen LogP contribution is 2.27. The molecule has 0 aliphatic heterocycles. The maximum absolute atomic E-state index is 13.9. The van der Waals surface area contributed by atoms with Gasteiger partial charge in [-0.1, -0.05) is 38.8 Å². The molecule has 0 heterocycles. The molecule has 2 unspecified atom stereocenters. The lowest BCUT2D eigenvalue weighted by Crippen LogP contribution is -2.24. The Morgan fingerprint density at radius 2 is 2.06 bits per heavy atom. The van der Waals surface area contributed by atoms with E-state index in [9.17, 15) is 4.39 Å². The van der Waals surface area contributed by atoms with E-state index >= 15 is 0 Å². The summed E-state index contributed by atoms with van der Waals surface area (Å²) in [6, 6.07) is 4.85. The summed E-state index contributed by atoms with van der Waals surface area (Å²) in [6.07, 6.45) is 3.08. The maximum Gasteiger partial charge on any atom is 0.128 e. The predicted octanol–water partition coefficient (Wildman–Crippen LogP) is 4.96. The topological polar surface area (TPSA) is 12.0 Å². The van der Waals surface area contributed by atoms with E-state index in [1.165, 1.54) is 6.07 Å². The van der Waals surface area contributed by atoms with Gasteiger partial charge in [0.1, 0.15) is 5.82 Å². The van der Waals surface area contributed by atoms with E-state index in [1.807, 2.05) is 0 Å². The van der Waals surface area contributed by atoms with Gasteiger partial charge in [0.05, 0.1) is 0 Å². The summed E-state index contributed by atoms with van der Waals surface area (Å²) >= 11 is 5.97. The standard InChI is InChI=1S/C15H23ClFN/c1-4-8-18-15(9-11(3)5-2)13-10-12(16)6-7-14(13)17/h6-7,10-11,15,18H,4-5,8-9H2,1-3H3. The molecule has 0 radical (unpaired) electrons. The van der Waals surface area contributed by atoms with E-state index in [0.29, 0.717) is 16.5 Å². The summed E-state index contributed by atoms with van der Waals surface area (Å²) < 4.78 is 13.9. The molecule has 0 bridgehead atoms. The van der Waals surface area contributed by atoms with Crippen molar-refractivity contribution >= 4 is 11.6 Å². The molecule has 3 heteroatoms. The van der Waals surface area contributed by atoms with Gasteiger partial charge < -0.3 is 5.32 Å². The Bertz CT molecular complexity index is 368. The summed E-state index contributed by atoms with van der Waals surface area (Å²) in [5.74, 6) is 0.397. The monoisotopic (exact) mass is 271 g/mol. The third kappa shape index (κ3) is 4.58. The molecule has 0 aliphatic rings. The fourth-order valence-electron chi connectivity index (χ4n) is 1.99. The molecule has 1 rings (SSSR count). The normalized spacial score (nSPS) is 14.5. The SMILES string of the molecule is CCCNC(CC(C)CC)c1cc(Cl)ccc1F. The van der Waals surface area contributed by atoms with Crippen molar-refractivity contribution in [1.82, 2.24) is 5.32 Å². The van der Waals surface area contributed by atoms with Crippen molar-refractivity contribution in [2.45, 2.75) is 46.1 Å².